The van der Waals surface area contributed by atoms with Crippen LogP contribution in [0.4, 0.5) is 0 Å². The van der Waals surface area contributed by atoms with E-state index in [-0.39, 0.29) is 17.8 Å². The van der Waals surface area contributed by atoms with Gasteiger partial charge in [-0.25, -0.2) is 0 Å². The molecule has 0 radical (unpaired) electrons. The van der Waals surface area contributed by atoms with Crippen LogP contribution in [0.2, 0.25) is 0 Å². The summed E-state index contributed by atoms with van der Waals surface area (Å²) in [6, 6.07) is 5.99. The third-order valence-electron chi connectivity index (χ3n) is 2.71. The number of phenolic OH excluding ortho intramolecular Hbond substituents is 1. The molecule has 0 saturated carbocycles. The highest BCUT2D eigenvalue weighted by atomic mass is 16.5. The molecule has 0 aromatic heterocycles. The second-order valence-corrected chi connectivity index (χ2v) is 4.51. The van der Waals surface area contributed by atoms with E-state index in [1.165, 1.54) is 0 Å². The van der Waals surface area contributed by atoms with Gasteiger partial charge in [0, 0.05) is 0 Å². The van der Waals surface area contributed by atoms with Crippen LogP contribution in [0.5, 0.6) is 5.75 Å². The molecule has 0 aliphatic rings. The summed E-state index contributed by atoms with van der Waals surface area (Å²) in [6.07, 6.45) is 2.14. The molecule has 0 unspecified atom stereocenters. The molecule has 0 aliphatic heterocycles. The zero-order valence-corrected chi connectivity index (χ0v) is 10.9. The van der Waals surface area contributed by atoms with E-state index < -0.39 is 6.04 Å². The van der Waals surface area contributed by atoms with Crippen LogP contribution in [-0.2, 0) is 16.0 Å². The number of ether oxygens (including phenoxy) is 1. The van der Waals surface area contributed by atoms with Crippen LogP contribution in [0.15, 0.2) is 24.3 Å². The van der Waals surface area contributed by atoms with Crippen LogP contribution >= 0.6 is 0 Å². The fourth-order valence-corrected chi connectivity index (χ4v) is 1.72. The topological polar surface area (TPSA) is 72.5 Å². The van der Waals surface area contributed by atoms with Gasteiger partial charge in [0.25, 0.3) is 0 Å². The Morgan fingerprint density at radius 1 is 1.39 bits per heavy atom. The molecule has 0 amide bonds. The summed E-state index contributed by atoms with van der Waals surface area (Å²) >= 11 is 0. The Balaban J connectivity index is 2.46. The lowest BCUT2D eigenvalue weighted by molar-refractivity contribution is -0.150. The molecular weight excluding hydrogens is 230 g/mol. The molecule has 4 nitrogen and oxygen atoms in total. The lowest BCUT2D eigenvalue weighted by atomic mass is 10.1. The van der Waals surface area contributed by atoms with Gasteiger partial charge in [-0.3, -0.25) is 4.79 Å². The predicted molar refractivity (Wildman–Crippen MR) is 70.2 cm³/mol. The Morgan fingerprint density at radius 3 is 2.56 bits per heavy atom. The minimum Gasteiger partial charge on any atom is -0.508 e. The molecule has 2 atom stereocenters. The van der Waals surface area contributed by atoms with E-state index in [0.29, 0.717) is 6.42 Å². The fraction of sp³-hybridized carbons (Fsp3) is 0.500. The first kappa shape index (κ1) is 14.5. The number of phenols is 1. The van der Waals surface area contributed by atoms with Crippen molar-refractivity contribution in [3.63, 3.8) is 0 Å². The number of hydrogen-bond acceptors (Lipinski definition) is 4. The maximum absolute atomic E-state index is 11.7. The molecule has 1 aromatic carbocycles. The maximum atomic E-state index is 11.7. The second kappa shape index (κ2) is 7.01. The molecule has 0 fully saturated rings. The molecule has 1 rings (SSSR count). The molecule has 18 heavy (non-hydrogen) atoms. The molecule has 0 heterocycles. The van der Waals surface area contributed by atoms with Crippen LogP contribution in [0, 0.1) is 0 Å². The van der Waals surface area contributed by atoms with E-state index in [4.69, 9.17) is 15.6 Å². The molecule has 0 bridgehead atoms. The number of rotatable bonds is 6. The van der Waals surface area contributed by atoms with Gasteiger partial charge >= 0.3 is 5.97 Å². The van der Waals surface area contributed by atoms with Crippen molar-refractivity contribution in [2.75, 3.05) is 0 Å². The summed E-state index contributed by atoms with van der Waals surface area (Å²) in [5, 5.41) is 9.16. The number of aromatic hydroxyl groups is 1. The van der Waals surface area contributed by atoms with Gasteiger partial charge in [0.2, 0.25) is 0 Å². The number of esters is 1. The first-order valence-corrected chi connectivity index (χ1v) is 6.27. The summed E-state index contributed by atoms with van der Waals surface area (Å²) in [6.45, 7) is 3.91. The average Bonchev–Trinajstić information content (AvgIpc) is 2.32. The summed E-state index contributed by atoms with van der Waals surface area (Å²) in [4.78, 5) is 11.7. The number of nitrogens with two attached hydrogens (primary N) is 1. The number of carbonyl (C=O) groups excluding carboxylic acids is 1. The van der Waals surface area contributed by atoms with Crippen molar-refractivity contribution in [2.45, 2.75) is 45.3 Å². The molecule has 1 aromatic rings. The van der Waals surface area contributed by atoms with Gasteiger partial charge in [-0.05, 0) is 37.5 Å². The van der Waals surface area contributed by atoms with Gasteiger partial charge in [-0.15, -0.1) is 0 Å². The third kappa shape index (κ3) is 4.75. The third-order valence-corrected chi connectivity index (χ3v) is 2.71. The maximum Gasteiger partial charge on any atom is 0.323 e. The van der Waals surface area contributed by atoms with E-state index in [1.54, 1.807) is 24.3 Å². The number of hydrogen-bond donors (Lipinski definition) is 2. The standard InChI is InChI=1S/C14H21NO3/c1-3-4-10(2)18-14(17)13(15)9-11-5-7-12(16)8-6-11/h5-8,10,13,16H,3-4,9,15H2,1-2H3/t10-,13-/m0/s1. The van der Waals surface area contributed by atoms with Crippen LogP contribution < -0.4 is 5.73 Å². The first-order valence-electron chi connectivity index (χ1n) is 6.27. The minimum atomic E-state index is -0.658. The summed E-state index contributed by atoms with van der Waals surface area (Å²) in [5.74, 6) is -0.171. The van der Waals surface area contributed by atoms with Crippen molar-refractivity contribution < 1.29 is 14.6 Å². The van der Waals surface area contributed by atoms with E-state index in [0.717, 1.165) is 18.4 Å². The van der Waals surface area contributed by atoms with Crippen molar-refractivity contribution >= 4 is 5.97 Å². The SMILES string of the molecule is CCC[C@H](C)OC(=O)[C@@H](N)Cc1ccc(O)cc1. The van der Waals surface area contributed by atoms with Crippen LogP contribution in [0.25, 0.3) is 0 Å². The molecular formula is C14H21NO3. The normalized spacial score (nSPS) is 13.9. The van der Waals surface area contributed by atoms with Crippen molar-refractivity contribution in [3.8, 4) is 5.75 Å². The molecule has 100 valence electrons. The Labute approximate surface area is 108 Å². The Morgan fingerprint density at radius 2 is 2.00 bits per heavy atom. The van der Waals surface area contributed by atoms with E-state index in [9.17, 15) is 4.79 Å². The highest BCUT2D eigenvalue weighted by molar-refractivity contribution is 5.76. The van der Waals surface area contributed by atoms with Gasteiger partial charge in [0.1, 0.15) is 11.8 Å². The average molecular weight is 251 g/mol. The minimum absolute atomic E-state index is 0.0895. The summed E-state index contributed by atoms with van der Waals surface area (Å²) < 4.78 is 5.24. The molecule has 0 saturated heterocycles. The first-order chi connectivity index (χ1) is 8.52. The zero-order chi connectivity index (χ0) is 13.5. The summed E-state index contributed by atoms with van der Waals surface area (Å²) in [5.41, 5.74) is 6.70. The van der Waals surface area contributed by atoms with Crippen LogP contribution in [0.3, 0.4) is 0 Å². The largest absolute Gasteiger partial charge is 0.508 e. The zero-order valence-electron chi connectivity index (χ0n) is 10.9. The van der Waals surface area contributed by atoms with Gasteiger partial charge in [0.05, 0.1) is 6.10 Å². The van der Waals surface area contributed by atoms with E-state index in [2.05, 4.69) is 0 Å². The lowest BCUT2D eigenvalue weighted by Crippen LogP contribution is -2.36. The second-order valence-electron chi connectivity index (χ2n) is 4.51. The van der Waals surface area contributed by atoms with Gasteiger partial charge in [-0.1, -0.05) is 25.5 Å². The molecule has 0 spiro atoms. The van der Waals surface area contributed by atoms with Gasteiger partial charge in [0.15, 0.2) is 0 Å². The van der Waals surface area contributed by atoms with Crippen LogP contribution in [-0.4, -0.2) is 23.2 Å². The number of benzene rings is 1. The number of carbonyl (C=O) groups is 1. The Bertz CT molecular complexity index is 375. The van der Waals surface area contributed by atoms with E-state index in [1.807, 2.05) is 13.8 Å². The quantitative estimate of drug-likeness (QED) is 0.758. The van der Waals surface area contributed by atoms with E-state index >= 15 is 0 Å². The Hall–Kier alpha value is -1.55. The van der Waals surface area contributed by atoms with Gasteiger partial charge in [-0.2, -0.15) is 0 Å². The van der Waals surface area contributed by atoms with Crippen molar-refractivity contribution in [3.05, 3.63) is 29.8 Å². The monoisotopic (exact) mass is 251 g/mol. The van der Waals surface area contributed by atoms with Gasteiger partial charge < -0.3 is 15.6 Å². The molecule has 3 N–H and O–H groups in total. The van der Waals surface area contributed by atoms with Crippen molar-refractivity contribution in [2.24, 2.45) is 5.73 Å². The molecule has 4 heteroatoms. The Kier molecular flexibility index (Phi) is 5.65. The molecule has 0 aliphatic carbocycles. The predicted octanol–water partition coefficient (Wildman–Crippen LogP) is 1.99. The smallest absolute Gasteiger partial charge is 0.323 e. The lowest BCUT2D eigenvalue weighted by Gasteiger charge is -2.16. The summed E-state index contributed by atoms with van der Waals surface area (Å²) in [7, 11) is 0. The van der Waals surface area contributed by atoms with Crippen molar-refractivity contribution in [1.82, 2.24) is 0 Å². The highest BCUT2D eigenvalue weighted by Gasteiger charge is 2.18. The fourth-order valence-electron chi connectivity index (χ4n) is 1.72. The van der Waals surface area contributed by atoms with Crippen molar-refractivity contribution in [1.29, 1.82) is 0 Å². The van der Waals surface area contributed by atoms with Crippen LogP contribution in [0.1, 0.15) is 32.3 Å². The highest BCUT2D eigenvalue weighted by Crippen LogP contribution is 2.11.